The molecule has 0 radical (unpaired) electrons. The monoisotopic (exact) mass is 368 g/mol. The maximum Gasteiger partial charge on any atom is 0.303 e. The van der Waals surface area contributed by atoms with E-state index in [1.54, 1.807) is 6.07 Å². The number of carboxylic acid groups (broad SMARTS) is 1. The minimum Gasteiger partial charge on any atom is -0.481 e. The number of hydrogen-bond acceptors (Lipinski definition) is 3. The Hall–Kier alpha value is -1.40. The van der Waals surface area contributed by atoms with Gasteiger partial charge < -0.3 is 5.11 Å². The van der Waals surface area contributed by atoms with E-state index in [0.717, 1.165) is 36.8 Å². The van der Waals surface area contributed by atoms with Crippen LogP contribution in [0.4, 0.5) is 0 Å². The third-order valence-electron chi connectivity index (χ3n) is 5.77. The molecule has 0 heterocycles. The summed E-state index contributed by atoms with van der Waals surface area (Å²) in [6.07, 6.45) is 4.76. The van der Waals surface area contributed by atoms with Crippen molar-refractivity contribution in [2.45, 2.75) is 75.5 Å². The first-order chi connectivity index (χ1) is 11.5. The van der Waals surface area contributed by atoms with Crippen molar-refractivity contribution >= 4 is 16.1 Å². The second kappa shape index (κ2) is 7.46. The molecule has 0 saturated heterocycles. The lowest BCUT2D eigenvalue weighted by molar-refractivity contribution is -0.137. The molecular weight excluding hydrogens is 340 g/mol. The molecule has 0 bridgehead atoms. The number of hydrogen-bond donors (Lipinski definition) is 2. The van der Waals surface area contributed by atoms with Gasteiger partial charge >= 0.3 is 5.97 Å². The van der Waals surface area contributed by atoms with E-state index in [-0.39, 0.29) is 16.7 Å². The fraction of sp³-hybridized carbons (Fsp3) is 0.632. The number of benzene rings is 1. The highest BCUT2D eigenvalue weighted by atomic mass is 32.2. The lowest BCUT2D eigenvalue weighted by Crippen LogP contribution is -2.34. The third kappa shape index (κ3) is 4.61. The van der Waals surface area contributed by atoms with Crippen LogP contribution in [0.1, 0.15) is 76.3 Å². The van der Waals surface area contributed by atoms with Crippen molar-refractivity contribution in [2.24, 2.45) is 5.92 Å². The number of rotatable bonds is 7. The highest BCUT2D eigenvalue weighted by molar-refractivity contribution is 7.85. The van der Waals surface area contributed by atoms with Gasteiger partial charge in [-0.25, -0.2) is 0 Å². The summed E-state index contributed by atoms with van der Waals surface area (Å²) in [4.78, 5) is 10.5. The molecule has 1 aliphatic rings. The van der Waals surface area contributed by atoms with Crippen molar-refractivity contribution in [3.63, 3.8) is 0 Å². The van der Waals surface area contributed by atoms with Crippen LogP contribution in [-0.4, -0.2) is 24.0 Å². The van der Waals surface area contributed by atoms with Gasteiger partial charge in [-0.3, -0.25) is 9.35 Å². The Morgan fingerprint density at radius 3 is 2.52 bits per heavy atom. The molecule has 0 fully saturated rings. The predicted molar refractivity (Wildman–Crippen MR) is 96.5 cm³/mol. The van der Waals surface area contributed by atoms with E-state index in [2.05, 4.69) is 20.8 Å². The Kier molecular flexibility index (Phi) is 5.94. The van der Waals surface area contributed by atoms with Crippen LogP contribution >= 0.6 is 0 Å². The lowest BCUT2D eigenvalue weighted by atomic mass is 9.62. The summed E-state index contributed by atoms with van der Waals surface area (Å²) >= 11 is 0. The third-order valence-corrected chi connectivity index (χ3v) is 6.62. The first-order valence-electron chi connectivity index (χ1n) is 8.87. The molecule has 5 nitrogen and oxygen atoms in total. The quantitative estimate of drug-likeness (QED) is 0.551. The van der Waals surface area contributed by atoms with E-state index < -0.39 is 16.1 Å². The molecule has 0 aliphatic heterocycles. The Balaban J connectivity index is 2.21. The summed E-state index contributed by atoms with van der Waals surface area (Å²) < 4.78 is 32.4. The summed E-state index contributed by atoms with van der Waals surface area (Å²) in [5.74, 6) is -0.0184. The summed E-state index contributed by atoms with van der Waals surface area (Å²) in [7, 11) is -4.21. The Labute approximate surface area is 150 Å². The molecule has 2 atom stereocenters. The smallest absolute Gasteiger partial charge is 0.303 e. The maximum atomic E-state index is 11.5. The number of carboxylic acids is 1. The summed E-state index contributed by atoms with van der Waals surface area (Å²) in [5.41, 5.74) is 2.00. The molecule has 1 aromatic carbocycles. The topological polar surface area (TPSA) is 91.7 Å². The normalized spacial score (nSPS) is 22.4. The second-order valence-electron chi connectivity index (χ2n) is 7.77. The fourth-order valence-corrected chi connectivity index (χ4v) is 4.35. The van der Waals surface area contributed by atoms with Crippen LogP contribution in [0.5, 0.6) is 0 Å². The number of fused-ring (bicyclic) bond motifs is 1. The average molecular weight is 368 g/mol. The summed E-state index contributed by atoms with van der Waals surface area (Å²) in [5, 5.41) is 8.71. The molecule has 2 N–H and O–H groups in total. The zero-order valence-electron chi connectivity index (χ0n) is 15.2. The van der Waals surface area contributed by atoms with Gasteiger partial charge in [-0.1, -0.05) is 39.7 Å². The van der Waals surface area contributed by atoms with Gasteiger partial charge in [-0.15, -0.1) is 0 Å². The van der Waals surface area contributed by atoms with Gasteiger partial charge in [0.05, 0.1) is 4.90 Å². The van der Waals surface area contributed by atoms with E-state index in [1.807, 2.05) is 6.07 Å². The van der Waals surface area contributed by atoms with Crippen LogP contribution in [0.3, 0.4) is 0 Å². The molecule has 1 aliphatic carbocycles. The predicted octanol–water partition coefficient (Wildman–Crippen LogP) is 4.37. The largest absolute Gasteiger partial charge is 0.481 e. The van der Waals surface area contributed by atoms with Crippen molar-refractivity contribution < 1.29 is 22.9 Å². The van der Waals surface area contributed by atoms with Gasteiger partial charge in [0.15, 0.2) is 0 Å². The highest BCUT2D eigenvalue weighted by Crippen LogP contribution is 2.48. The minimum absolute atomic E-state index is 0.0476. The van der Waals surface area contributed by atoms with E-state index in [9.17, 15) is 17.8 Å². The highest BCUT2D eigenvalue weighted by Gasteiger charge is 2.38. The molecule has 25 heavy (non-hydrogen) atoms. The average Bonchev–Trinajstić information content (AvgIpc) is 2.50. The van der Waals surface area contributed by atoms with Crippen molar-refractivity contribution in [3.05, 3.63) is 29.3 Å². The van der Waals surface area contributed by atoms with Crippen LogP contribution in [0.15, 0.2) is 23.1 Å². The molecule has 0 amide bonds. The molecule has 2 unspecified atom stereocenters. The van der Waals surface area contributed by atoms with Crippen LogP contribution in [0.2, 0.25) is 0 Å². The van der Waals surface area contributed by atoms with Gasteiger partial charge in [0.1, 0.15) is 0 Å². The van der Waals surface area contributed by atoms with E-state index in [0.29, 0.717) is 18.3 Å². The molecule has 6 heteroatoms. The van der Waals surface area contributed by atoms with Crippen molar-refractivity contribution in [1.29, 1.82) is 0 Å². The van der Waals surface area contributed by atoms with E-state index in [4.69, 9.17) is 5.11 Å². The van der Waals surface area contributed by atoms with Crippen LogP contribution < -0.4 is 0 Å². The molecule has 0 spiro atoms. The van der Waals surface area contributed by atoms with Gasteiger partial charge in [-0.05, 0) is 59.8 Å². The summed E-state index contributed by atoms with van der Waals surface area (Å²) in [6, 6.07) is 4.95. The Bertz CT molecular complexity index is 736. The summed E-state index contributed by atoms with van der Waals surface area (Å²) in [6.45, 7) is 6.42. The molecule has 140 valence electrons. The van der Waals surface area contributed by atoms with Gasteiger partial charge in [-0.2, -0.15) is 8.42 Å². The van der Waals surface area contributed by atoms with E-state index >= 15 is 0 Å². The van der Waals surface area contributed by atoms with Crippen LogP contribution in [-0.2, 0) is 20.3 Å². The number of carbonyl (C=O) groups is 1. The Morgan fingerprint density at radius 1 is 1.24 bits per heavy atom. The molecule has 0 aromatic heterocycles. The van der Waals surface area contributed by atoms with Gasteiger partial charge in [0.2, 0.25) is 0 Å². The zero-order valence-corrected chi connectivity index (χ0v) is 16.0. The molecule has 2 rings (SSSR count). The van der Waals surface area contributed by atoms with E-state index in [1.165, 1.54) is 6.07 Å². The first-order valence-corrected chi connectivity index (χ1v) is 10.3. The van der Waals surface area contributed by atoms with Crippen LogP contribution in [0, 0.1) is 5.92 Å². The maximum absolute atomic E-state index is 11.5. The zero-order chi connectivity index (χ0) is 18.8. The van der Waals surface area contributed by atoms with Gasteiger partial charge in [0.25, 0.3) is 10.1 Å². The van der Waals surface area contributed by atoms with Crippen LogP contribution in [0.25, 0.3) is 0 Å². The van der Waals surface area contributed by atoms with Crippen molar-refractivity contribution in [3.8, 4) is 0 Å². The first kappa shape index (κ1) is 19.9. The standard InChI is InChI=1S/C19H28O5S/c1-13-11-14(7-5-4-6-8-18(20)21)16-10-9-15(25(22,23)24)12-17(16)19(13,2)3/h9-10,12-14H,4-8,11H2,1-3H3,(H,20,21)(H,22,23,24). The molecule has 1 aromatic rings. The minimum atomic E-state index is -4.21. The van der Waals surface area contributed by atoms with Gasteiger partial charge in [0, 0.05) is 6.42 Å². The number of unbranched alkanes of at least 4 members (excludes halogenated alkanes) is 2. The van der Waals surface area contributed by atoms with Crippen molar-refractivity contribution in [2.75, 3.05) is 0 Å². The molecular formula is C19H28O5S. The SMILES string of the molecule is CC1CC(CCCCCC(=O)O)c2ccc(S(=O)(=O)O)cc2C1(C)C. The lowest BCUT2D eigenvalue weighted by Gasteiger charge is -2.42. The second-order valence-corrected chi connectivity index (χ2v) is 9.19. The Morgan fingerprint density at radius 2 is 1.92 bits per heavy atom. The number of aliphatic carboxylic acids is 1. The fourth-order valence-electron chi connectivity index (χ4n) is 3.84. The molecule has 0 saturated carbocycles. The van der Waals surface area contributed by atoms with Crippen molar-refractivity contribution in [1.82, 2.24) is 0 Å².